The normalized spacial score (nSPS) is 12.1. The van der Waals surface area contributed by atoms with Crippen molar-refractivity contribution in [1.29, 1.82) is 0 Å². The Balaban J connectivity index is 0.000000526. The molecule has 1 aliphatic rings. The van der Waals surface area contributed by atoms with Crippen molar-refractivity contribution in [3.05, 3.63) is 54.1 Å². The smallest absolute Gasteiger partial charge is 0.123 e. The largest absolute Gasteiger partial charge is 0.370 e. The van der Waals surface area contributed by atoms with Crippen molar-refractivity contribution in [3.63, 3.8) is 0 Å². The number of aromatic nitrogens is 3. The summed E-state index contributed by atoms with van der Waals surface area (Å²) in [6.45, 7) is 5.12. The summed E-state index contributed by atoms with van der Waals surface area (Å²) in [7, 11) is 4.08. The molecule has 0 radical (unpaired) electrons. The quantitative estimate of drug-likeness (QED) is 0.611. The summed E-state index contributed by atoms with van der Waals surface area (Å²) >= 11 is 0. The van der Waals surface area contributed by atoms with Gasteiger partial charge < -0.3 is 4.90 Å². The van der Waals surface area contributed by atoms with E-state index in [9.17, 15) is 0 Å². The molecule has 0 saturated carbocycles. The van der Waals surface area contributed by atoms with Crippen LogP contribution in [0.15, 0.2) is 48.5 Å². The molecule has 24 heavy (non-hydrogen) atoms. The van der Waals surface area contributed by atoms with Crippen LogP contribution in [-0.4, -0.2) is 22.0 Å². The maximum Gasteiger partial charge on any atom is 0.123 e. The third-order valence-corrected chi connectivity index (χ3v) is 4.08. The molecule has 0 unspecified atom stereocenters. The van der Waals surface area contributed by atoms with Crippen LogP contribution in [-0.2, 0) is 13.6 Å². The number of anilines is 1. The Morgan fingerprint density at radius 3 is 2.29 bits per heavy atom. The molecule has 0 amide bonds. The van der Waals surface area contributed by atoms with E-state index in [1.54, 1.807) is 0 Å². The van der Waals surface area contributed by atoms with Crippen LogP contribution in [0.4, 0.5) is 5.69 Å². The molecule has 2 heterocycles. The number of nitrogens with zero attached hydrogens (tertiary/aromatic N) is 4. The van der Waals surface area contributed by atoms with Crippen LogP contribution in [0.1, 0.15) is 25.8 Å². The number of hydrogen-bond donors (Lipinski definition) is 0. The second kappa shape index (κ2) is 6.87. The van der Waals surface area contributed by atoms with E-state index in [1.807, 2.05) is 11.7 Å². The van der Waals surface area contributed by atoms with Gasteiger partial charge in [0.05, 0.1) is 5.69 Å². The number of fused-ring (bicyclic) bond motifs is 5. The maximum absolute atomic E-state index is 4.42. The lowest BCUT2D eigenvalue weighted by atomic mass is 9.96. The zero-order chi connectivity index (χ0) is 17.1. The van der Waals surface area contributed by atoms with Gasteiger partial charge >= 0.3 is 0 Å². The van der Waals surface area contributed by atoms with Gasteiger partial charge in [-0.05, 0) is 11.6 Å². The van der Waals surface area contributed by atoms with Crippen LogP contribution in [0.5, 0.6) is 0 Å². The van der Waals surface area contributed by atoms with Crippen LogP contribution in [0, 0.1) is 0 Å². The zero-order valence-corrected chi connectivity index (χ0v) is 14.8. The van der Waals surface area contributed by atoms with Gasteiger partial charge in [0.2, 0.25) is 0 Å². The number of aryl methyl sites for hydroxylation is 1. The van der Waals surface area contributed by atoms with Crippen molar-refractivity contribution in [1.82, 2.24) is 15.0 Å². The van der Waals surface area contributed by atoms with Gasteiger partial charge in [0.25, 0.3) is 0 Å². The van der Waals surface area contributed by atoms with Gasteiger partial charge in [-0.2, -0.15) is 0 Å². The van der Waals surface area contributed by atoms with E-state index in [4.69, 9.17) is 0 Å². The highest BCUT2D eigenvalue weighted by Gasteiger charge is 2.23. The van der Waals surface area contributed by atoms with Crippen molar-refractivity contribution in [2.75, 3.05) is 11.9 Å². The Kier molecular flexibility index (Phi) is 4.65. The van der Waals surface area contributed by atoms with Gasteiger partial charge in [0.15, 0.2) is 0 Å². The molecule has 2 aromatic carbocycles. The summed E-state index contributed by atoms with van der Waals surface area (Å²) in [5, 5.41) is 8.67. The minimum atomic E-state index is 0.873. The average Bonchev–Trinajstić information content (AvgIpc) is 2.96. The summed E-state index contributed by atoms with van der Waals surface area (Å²) < 4.78 is 1.87. The third kappa shape index (κ3) is 2.80. The zero-order valence-electron chi connectivity index (χ0n) is 14.8. The Morgan fingerprint density at radius 1 is 0.917 bits per heavy atom. The summed E-state index contributed by atoms with van der Waals surface area (Å²) in [6, 6.07) is 16.9. The molecule has 4 heteroatoms. The first kappa shape index (κ1) is 16.2. The number of rotatable bonds is 0. The molecule has 0 N–H and O–H groups in total. The highest BCUT2D eigenvalue weighted by Crippen LogP contribution is 2.39. The first-order valence-corrected chi connectivity index (χ1v) is 8.45. The fraction of sp³-hybridized carbons (Fsp3) is 0.300. The summed E-state index contributed by atoms with van der Waals surface area (Å²) in [5.41, 5.74) is 6.87. The van der Waals surface area contributed by atoms with Crippen molar-refractivity contribution >= 4 is 5.69 Å². The molecule has 1 aromatic heterocycles. The fourth-order valence-corrected chi connectivity index (χ4v) is 3.08. The van der Waals surface area contributed by atoms with E-state index in [2.05, 4.69) is 84.6 Å². The van der Waals surface area contributed by atoms with Crippen molar-refractivity contribution in [3.8, 4) is 22.5 Å². The summed E-state index contributed by atoms with van der Waals surface area (Å²) in [4.78, 5) is 2.27. The van der Waals surface area contributed by atoms with Gasteiger partial charge in [0, 0.05) is 37.5 Å². The van der Waals surface area contributed by atoms with E-state index < -0.39 is 0 Å². The molecule has 1 aliphatic heterocycles. The van der Waals surface area contributed by atoms with Crippen LogP contribution in [0.3, 0.4) is 0 Å². The fourth-order valence-electron chi connectivity index (χ4n) is 3.08. The lowest BCUT2D eigenvalue weighted by Gasteiger charge is -2.26. The number of para-hydroxylation sites is 1. The van der Waals surface area contributed by atoms with Crippen LogP contribution in [0.25, 0.3) is 22.5 Å². The van der Waals surface area contributed by atoms with Gasteiger partial charge in [-0.25, -0.2) is 4.68 Å². The van der Waals surface area contributed by atoms with E-state index in [0.717, 1.165) is 23.5 Å². The molecule has 0 saturated heterocycles. The highest BCUT2D eigenvalue weighted by atomic mass is 15.4. The Morgan fingerprint density at radius 2 is 1.54 bits per heavy atom. The van der Waals surface area contributed by atoms with Crippen molar-refractivity contribution in [2.45, 2.75) is 26.8 Å². The minimum Gasteiger partial charge on any atom is -0.370 e. The SMILES string of the molecule is CCC.CN1Cc2ccccc2-c2c(nnn2C)-c2ccccc21. The lowest BCUT2D eigenvalue weighted by Crippen LogP contribution is -2.19. The molecular weight excluding hydrogens is 296 g/mol. The number of benzene rings is 2. The maximum atomic E-state index is 4.42. The standard InChI is InChI=1S/C17H16N4.C3H8/c1-20-11-12-7-3-4-8-13(12)17-16(18-19-21(17)2)14-9-5-6-10-15(14)20;1-3-2/h3-10H,11H2,1-2H3;3H2,1-2H3. The topological polar surface area (TPSA) is 34.0 Å². The lowest BCUT2D eigenvalue weighted by molar-refractivity contribution is 0.720. The first-order chi connectivity index (χ1) is 11.7. The molecule has 3 aromatic rings. The summed E-state index contributed by atoms with van der Waals surface area (Å²) in [5.74, 6) is 0. The summed E-state index contributed by atoms with van der Waals surface area (Å²) in [6.07, 6.45) is 1.25. The monoisotopic (exact) mass is 320 g/mol. The molecule has 4 nitrogen and oxygen atoms in total. The van der Waals surface area contributed by atoms with E-state index in [-0.39, 0.29) is 0 Å². The highest BCUT2D eigenvalue weighted by molar-refractivity contribution is 5.87. The van der Waals surface area contributed by atoms with E-state index >= 15 is 0 Å². The Labute approximate surface area is 143 Å². The Hall–Kier alpha value is -2.62. The molecule has 0 spiro atoms. The van der Waals surface area contributed by atoms with Crippen LogP contribution in [0.2, 0.25) is 0 Å². The first-order valence-electron chi connectivity index (χ1n) is 8.45. The van der Waals surface area contributed by atoms with Gasteiger partial charge in [-0.3, -0.25) is 0 Å². The minimum absolute atomic E-state index is 0.873. The molecular formula is C20H24N4. The van der Waals surface area contributed by atoms with Crippen LogP contribution < -0.4 is 4.90 Å². The predicted octanol–water partition coefficient (Wildman–Crippen LogP) is 4.52. The molecule has 0 atom stereocenters. The van der Waals surface area contributed by atoms with Gasteiger partial charge in [-0.1, -0.05) is 67.9 Å². The third-order valence-electron chi connectivity index (χ3n) is 4.08. The Bertz CT molecular complexity index is 835. The van der Waals surface area contributed by atoms with Gasteiger partial charge in [0.1, 0.15) is 5.69 Å². The average molecular weight is 320 g/mol. The molecule has 0 bridgehead atoms. The molecule has 0 aliphatic carbocycles. The van der Waals surface area contributed by atoms with Crippen molar-refractivity contribution < 1.29 is 0 Å². The number of hydrogen-bond acceptors (Lipinski definition) is 3. The van der Waals surface area contributed by atoms with Gasteiger partial charge in [-0.15, -0.1) is 5.10 Å². The van der Waals surface area contributed by atoms with Crippen molar-refractivity contribution in [2.24, 2.45) is 7.05 Å². The molecule has 124 valence electrons. The molecule has 0 fully saturated rings. The second-order valence-corrected chi connectivity index (χ2v) is 6.15. The van der Waals surface area contributed by atoms with E-state index in [1.165, 1.54) is 23.2 Å². The van der Waals surface area contributed by atoms with E-state index in [0.29, 0.717) is 0 Å². The second-order valence-electron chi connectivity index (χ2n) is 6.15. The molecule has 4 rings (SSSR count). The predicted molar refractivity (Wildman–Crippen MR) is 99.9 cm³/mol. The van der Waals surface area contributed by atoms with Crippen LogP contribution >= 0.6 is 0 Å².